The quantitative estimate of drug-likeness (QED) is 0.576. The first-order chi connectivity index (χ1) is 9.98. The molecule has 0 spiro atoms. The van der Waals surface area contributed by atoms with Crippen LogP contribution in [-0.2, 0) is 9.53 Å². The molecular weight excluding hydrogens is 330 g/mol. The van der Waals surface area contributed by atoms with E-state index >= 15 is 0 Å². The van der Waals surface area contributed by atoms with Crippen molar-refractivity contribution in [2.45, 2.75) is 42.7 Å². The maximum atomic E-state index is 12.4. The lowest BCUT2D eigenvalue weighted by Gasteiger charge is -2.49. The Labute approximate surface area is 135 Å². The molecule has 4 rings (SSSR count). The Bertz CT molecular complexity index is 493. The van der Waals surface area contributed by atoms with Crippen LogP contribution in [0.3, 0.4) is 0 Å². The van der Waals surface area contributed by atoms with Crippen LogP contribution in [0.4, 0.5) is 0 Å². The number of fused-ring (bicyclic) bond motifs is 2. The smallest absolute Gasteiger partial charge is 0.222 e. The topological polar surface area (TPSA) is 29.5 Å². The Morgan fingerprint density at radius 2 is 2.24 bits per heavy atom. The minimum Gasteiger partial charge on any atom is -0.373 e. The van der Waals surface area contributed by atoms with E-state index in [9.17, 15) is 4.79 Å². The Balaban J connectivity index is 1.70. The molecule has 3 aliphatic carbocycles. The van der Waals surface area contributed by atoms with Crippen LogP contribution in [0, 0.1) is 29.1 Å². The van der Waals surface area contributed by atoms with Crippen LogP contribution < -0.4 is 0 Å². The van der Waals surface area contributed by atoms with Gasteiger partial charge >= 0.3 is 0 Å². The van der Waals surface area contributed by atoms with Gasteiger partial charge in [0.05, 0.1) is 12.2 Å². The molecule has 4 aliphatic rings. The van der Waals surface area contributed by atoms with Crippen molar-refractivity contribution in [2.24, 2.45) is 29.1 Å². The van der Waals surface area contributed by atoms with Crippen molar-refractivity contribution in [3.05, 3.63) is 12.7 Å². The summed E-state index contributed by atoms with van der Waals surface area (Å²) in [6, 6.07) is 0. The lowest BCUT2D eigenvalue weighted by atomic mass is 9.56. The van der Waals surface area contributed by atoms with Gasteiger partial charge in [0.2, 0.25) is 5.91 Å². The van der Waals surface area contributed by atoms with Crippen LogP contribution >= 0.6 is 15.9 Å². The molecule has 4 fully saturated rings. The monoisotopic (exact) mass is 353 g/mol. The fourth-order valence-corrected chi connectivity index (χ4v) is 6.97. The molecule has 0 aromatic carbocycles. The van der Waals surface area contributed by atoms with Crippen molar-refractivity contribution in [1.29, 1.82) is 0 Å². The van der Waals surface area contributed by atoms with E-state index < -0.39 is 0 Å². The van der Waals surface area contributed by atoms with E-state index in [2.05, 4.69) is 28.6 Å². The third kappa shape index (κ3) is 1.72. The van der Waals surface area contributed by atoms with Crippen molar-refractivity contribution >= 4 is 21.8 Å². The van der Waals surface area contributed by atoms with E-state index in [1.807, 2.05) is 14.1 Å². The molecule has 0 radical (unpaired) electrons. The van der Waals surface area contributed by atoms with E-state index in [-0.39, 0.29) is 11.3 Å². The zero-order valence-electron chi connectivity index (χ0n) is 12.8. The van der Waals surface area contributed by atoms with Gasteiger partial charge in [-0.3, -0.25) is 4.79 Å². The van der Waals surface area contributed by atoms with Gasteiger partial charge in [-0.25, -0.2) is 0 Å². The molecule has 0 aromatic heterocycles. The molecule has 3 nitrogen and oxygen atoms in total. The second-order valence-corrected chi connectivity index (χ2v) is 8.75. The zero-order chi connectivity index (χ0) is 14.9. The van der Waals surface area contributed by atoms with Crippen LogP contribution in [0.5, 0.6) is 0 Å². The maximum absolute atomic E-state index is 12.4. The number of hydrogen-bond donors (Lipinski definition) is 0. The highest BCUT2D eigenvalue weighted by molar-refractivity contribution is 9.09. The Hall–Kier alpha value is -0.350. The third-order valence-electron chi connectivity index (χ3n) is 6.76. The average molecular weight is 354 g/mol. The van der Waals surface area contributed by atoms with Crippen LogP contribution in [0.1, 0.15) is 25.7 Å². The van der Waals surface area contributed by atoms with Crippen LogP contribution in [0.25, 0.3) is 0 Å². The van der Waals surface area contributed by atoms with E-state index in [0.717, 1.165) is 12.8 Å². The predicted molar refractivity (Wildman–Crippen MR) is 85.1 cm³/mol. The normalized spacial score (nSPS) is 53.0. The van der Waals surface area contributed by atoms with Gasteiger partial charge in [-0.2, -0.15) is 0 Å². The van der Waals surface area contributed by atoms with E-state index in [1.165, 1.54) is 6.42 Å². The van der Waals surface area contributed by atoms with E-state index in [4.69, 9.17) is 4.74 Å². The van der Waals surface area contributed by atoms with Crippen LogP contribution in [0.15, 0.2) is 12.7 Å². The summed E-state index contributed by atoms with van der Waals surface area (Å²) >= 11 is 3.91. The van der Waals surface area contributed by atoms with Gasteiger partial charge in [0.1, 0.15) is 0 Å². The summed E-state index contributed by atoms with van der Waals surface area (Å²) in [7, 11) is 3.71. The summed E-state index contributed by atoms with van der Waals surface area (Å²) in [6.07, 6.45) is 7.00. The lowest BCUT2D eigenvalue weighted by Crippen LogP contribution is -2.48. The molecule has 0 unspecified atom stereocenters. The van der Waals surface area contributed by atoms with Gasteiger partial charge < -0.3 is 9.64 Å². The Morgan fingerprint density at radius 3 is 2.90 bits per heavy atom. The fourth-order valence-electron chi connectivity index (χ4n) is 5.91. The first kappa shape index (κ1) is 14.3. The number of ether oxygens (including phenoxy) is 1. The van der Waals surface area contributed by atoms with Gasteiger partial charge in [-0.05, 0) is 42.9 Å². The molecule has 1 saturated heterocycles. The molecule has 1 amide bonds. The van der Waals surface area contributed by atoms with Gasteiger partial charge in [0.25, 0.3) is 0 Å². The molecule has 116 valence electrons. The lowest BCUT2D eigenvalue weighted by molar-refractivity contribution is -0.133. The van der Waals surface area contributed by atoms with Crippen molar-refractivity contribution in [2.75, 3.05) is 14.1 Å². The molecule has 3 saturated carbocycles. The second kappa shape index (κ2) is 4.58. The molecule has 8 atom stereocenters. The van der Waals surface area contributed by atoms with Crippen LogP contribution in [-0.4, -0.2) is 41.9 Å². The highest BCUT2D eigenvalue weighted by Gasteiger charge is 2.70. The highest BCUT2D eigenvalue weighted by atomic mass is 79.9. The zero-order valence-corrected chi connectivity index (χ0v) is 14.4. The fraction of sp³-hybridized carbons (Fsp3) is 0.824. The number of rotatable bonds is 3. The van der Waals surface area contributed by atoms with E-state index in [1.54, 1.807) is 4.90 Å². The molecule has 0 N–H and O–H groups in total. The molecule has 1 aliphatic heterocycles. The number of halogens is 1. The van der Waals surface area contributed by atoms with Crippen molar-refractivity contribution < 1.29 is 9.53 Å². The third-order valence-corrected chi connectivity index (χ3v) is 7.96. The number of allylic oxidation sites excluding steroid dienone is 1. The van der Waals surface area contributed by atoms with Crippen molar-refractivity contribution in [3.8, 4) is 0 Å². The molecule has 1 heterocycles. The van der Waals surface area contributed by atoms with Gasteiger partial charge in [-0.15, -0.1) is 6.58 Å². The number of carbonyl (C=O) groups excluding carboxylic acids is 1. The van der Waals surface area contributed by atoms with Crippen molar-refractivity contribution in [3.63, 3.8) is 0 Å². The first-order valence-corrected chi connectivity index (χ1v) is 9.03. The van der Waals surface area contributed by atoms with Gasteiger partial charge in [-0.1, -0.05) is 22.0 Å². The molecule has 0 aromatic rings. The standard InChI is InChI=1S/C17H24BrNO2/c1-4-17(8-12(20)19(2)3)6-5-11-13-9-7-10(14(13)17)15(18)16(9)21-11/h4,9-11,13-16H,1,5-8H2,2-3H3/t9-,10+,11+,13+,14+,15+,16+,17-/m0/s1. The SMILES string of the molecule is C=C[C@@]1(CC(=O)N(C)C)CC[C@H]2O[C@H]3[C@H](Br)[C@@H]4C[C@H]3[C@H]2[C@@H]41. The largest absolute Gasteiger partial charge is 0.373 e. The number of carbonyl (C=O) groups is 1. The minimum absolute atomic E-state index is 0.0212. The maximum Gasteiger partial charge on any atom is 0.222 e. The number of hydrogen-bond acceptors (Lipinski definition) is 2. The Morgan fingerprint density at radius 1 is 1.48 bits per heavy atom. The average Bonchev–Trinajstić information content (AvgIpc) is 3.08. The number of amides is 1. The highest BCUT2D eigenvalue weighted by Crippen LogP contribution is 2.69. The van der Waals surface area contributed by atoms with E-state index in [0.29, 0.717) is 47.1 Å². The summed E-state index contributed by atoms with van der Waals surface area (Å²) in [4.78, 5) is 14.6. The summed E-state index contributed by atoms with van der Waals surface area (Å²) in [5.74, 6) is 2.84. The summed E-state index contributed by atoms with van der Waals surface area (Å²) in [5, 5.41) is 0. The number of nitrogens with zero attached hydrogens (tertiary/aromatic N) is 1. The summed E-state index contributed by atoms with van der Waals surface area (Å²) < 4.78 is 6.34. The van der Waals surface area contributed by atoms with Gasteiger partial charge in [0.15, 0.2) is 0 Å². The second-order valence-electron chi connectivity index (χ2n) is 7.69. The van der Waals surface area contributed by atoms with Gasteiger partial charge in [0, 0.05) is 30.8 Å². The Kier molecular flexibility index (Phi) is 3.11. The summed E-state index contributed by atoms with van der Waals surface area (Å²) in [6.45, 7) is 4.15. The molecule has 21 heavy (non-hydrogen) atoms. The number of alkyl halides is 1. The molecule has 2 bridgehead atoms. The molecule has 4 heteroatoms. The minimum atomic E-state index is -0.0212. The summed E-state index contributed by atoms with van der Waals surface area (Å²) in [5.41, 5.74) is -0.0212. The molecular formula is C17H24BrNO2. The van der Waals surface area contributed by atoms with Crippen molar-refractivity contribution in [1.82, 2.24) is 4.90 Å². The first-order valence-electron chi connectivity index (χ1n) is 8.12. The van der Waals surface area contributed by atoms with Crippen LogP contribution in [0.2, 0.25) is 0 Å². The predicted octanol–water partition coefficient (Wildman–Crippen LogP) is 2.84.